The van der Waals surface area contributed by atoms with Crippen LogP contribution in [-0.4, -0.2) is 19.0 Å². The molecule has 92 valence electrons. The lowest BCUT2D eigenvalue weighted by Gasteiger charge is -2.11. The van der Waals surface area contributed by atoms with Crippen molar-refractivity contribution in [3.05, 3.63) is 29.3 Å². The summed E-state index contributed by atoms with van der Waals surface area (Å²) in [4.78, 5) is 22.4. The number of amides is 1. The lowest BCUT2D eigenvalue weighted by atomic mass is 10.0. The number of rotatable bonds is 2. The molecule has 4 nitrogen and oxygen atoms in total. The van der Waals surface area contributed by atoms with Gasteiger partial charge >= 0.3 is 11.9 Å². The first kappa shape index (κ1) is 13.2. The van der Waals surface area contributed by atoms with E-state index in [9.17, 15) is 9.59 Å². The van der Waals surface area contributed by atoms with Crippen LogP contribution in [0, 0.1) is 6.92 Å². The molecule has 17 heavy (non-hydrogen) atoms. The monoisotopic (exact) mass is 235 g/mol. The van der Waals surface area contributed by atoms with Gasteiger partial charge in [-0.05, 0) is 30.0 Å². The van der Waals surface area contributed by atoms with Crippen LogP contribution in [0.4, 0.5) is 5.69 Å². The van der Waals surface area contributed by atoms with Crippen molar-refractivity contribution in [1.82, 2.24) is 0 Å². The van der Waals surface area contributed by atoms with E-state index in [0.29, 0.717) is 11.6 Å². The predicted octanol–water partition coefficient (Wildman–Crippen LogP) is 2.23. The highest BCUT2D eigenvalue weighted by Gasteiger charge is 2.15. The molecule has 0 bridgehead atoms. The Morgan fingerprint density at radius 2 is 1.94 bits per heavy atom. The third-order valence-corrected chi connectivity index (χ3v) is 2.55. The van der Waals surface area contributed by atoms with Gasteiger partial charge in [0.1, 0.15) is 0 Å². The van der Waals surface area contributed by atoms with Crippen molar-refractivity contribution in [3.63, 3.8) is 0 Å². The van der Waals surface area contributed by atoms with Crippen LogP contribution in [0.15, 0.2) is 18.2 Å². The zero-order chi connectivity index (χ0) is 13.0. The molecule has 0 spiro atoms. The molecule has 4 heteroatoms. The number of ether oxygens (including phenoxy) is 1. The van der Waals surface area contributed by atoms with E-state index in [4.69, 9.17) is 0 Å². The van der Waals surface area contributed by atoms with Gasteiger partial charge in [-0.25, -0.2) is 4.79 Å². The van der Waals surface area contributed by atoms with Gasteiger partial charge in [-0.2, -0.15) is 0 Å². The number of methoxy groups -OCH3 is 1. The largest absolute Gasteiger partial charge is 0.462 e. The summed E-state index contributed by atoms with van der Waals surface area (Å²) in [7, 11) is 1.18. The Morgan fingerprint density at radius 3 is 2.47 bits per heavy atom. The third kappa shape index (κ3) is 3.31. The van der Waals surface area contributed by atoms with Crippen LogP contribution in [0.25, 0.3) is 0 Å². The van der Waals surface area contributed by atoms with Gasteiger partial charge in [0.25, 0.3) is 0 Å². The molecule has 0 fully saturated rings. The smallest absolute Gasteiger partial charge is 0.396 e. The molecule has 0 unspecified atom stereocenters. The Labute approximate surface area is 101 Å². The Kier molecular flexibility index (Phi) is 4.26. The van der Waals surface area contributed by atoms with Crippen molar-refractivity contribution < 1.29 is 14.3 Å². The van der Waals surface area contributed by atoms with Crippen molar-refractivity contribution >= 4 is 17.6 Å². The molecule has 0 saturated heterocycles. The fourth-order valence-corrected chi connectivity index (χ4v) is 1.40. The highest BCUT2D eigenvalue weighted by molar-refractivity contribution is 6.37. The minimum Gasteiger partial charge on any atom is -0.462 e. The summed E-state index contributed by atoms with van der Waals surface area (Å²) in [5, 5.41) is 2.54. The van der Waals surface area contributed by atoms with E-state index < -0.39 is 11.9 Å². The van der Waals surface area contributed by atoms with Gasteiger partial charge in [-0.15, -0.1) is 0 Å². The molecule has 0 aliphatic heterocycles. The number of anilines is 1. The third-order valence-electron chi connectivity index (χ3n) is 2.55. The van der Waals surface area contributed by atoms with E-state index >= 15 is 0 Å². The maximum absolute atomic E-state index is 11.4. The first-order chi connectivity index (χ1) is 7.95. The minimum atomic E-state index is -0.889. The number of esters is 1. The zero-order valence-corrected chi connectivity index (χ0v) is 10.5. The summed E-state index contributed by atoms with van der Waals surface area (Å²) in [6, 6.07) is 5.80. The molecule has 0 aliphatic rings. The van der Waals surface area contributed by atoms with E-state index in [1.807, 2.05) is 25.1 Å². The van der Waals surface area contributed by atoms with Gasteiger partial charge in [0, 0.05) is 5.69 Å². The fourth-order valence-electron chi connectivity index (χ4n) is 1.40. The number of aryl methyl sites for hydroxylation is 1. The summed E-state index contributed by atoms with van der Waals surface area (Å²) in [5.41, 5.74) is 2.66. The van der Waals surface area contributed by atoms with Gasteiger partial charge in [0.05, 0.1) is 7.11 Å². The predicted molar refractivity (Wildman–Crippen MR) is 65.9 cm³/mol. The highest BCUT2D eigenvalue weighted by Crippen LogP contribution is 2.22. The van der Waals surface area contributed by atoms with Crippen LogP contribution in [0.5, 0.6) is 0 Å². The minimum absolute atomic E-state index is 0.365. The second-order valence-corrected chi connectivity index (χ2v) is 4.17. The van der Waals surface area contributed by atoms with E-state index in [-0.39, 0.29) is 0 Å². The molecular formula is C13H17NO3. The molecular weight excluding hydrogens is 218 g/mol. The molecule has 0 saturated carbocycles. The zero-order valence-electron chi connectivity index (χ0n) is 10.5. The molecule has 0 aromatic heterocycles. The van der Waals surface area contributed by atoms with E-state index in [1.54, 1.807) is 0 Å². The maximum Gasteiger partial charge on any atom is 0.396 e. The summed E-state index contributed by atoms with van der Waals surface area (Å²) in [6.07, 6.45) is 0. The summed E-state index contributed by atoms with van der Waals surface area (Å²) in [6.45, 7) is 6.00. The van der Waals surface area contributed by atoms with Crippen LogP contribution >= 0.6 is 0 Å². The first-order valence-corrected chi connectivity index (χ1v) is 5.45. The molecule has 0 atom stereocenters. The molecule has 1 aromatic rings. The molecule has 0 radical (unpaired) electrons. The standard InChI is InChI=1S/C13H17NO3/c1-8(2)10-6-5-9(3)11(7-10)14-12(15)13(16)17-4/h5-8H,1-4H3,(H,14,15). The van der Waals surface area contributed by atoms with Crippen LogP contribution in [0.3, 0.4) is 0 Å². The normalized spacial score (nSPS) is 10.2. The van der Waals surface area contributed by atoms with E-state index in [2.05, 4.69) is 23.9 Å². The number of nitrogens with one attached hydrogen (secondary N) is 1. The Morgan fingerprint density at radius 1 is 1.29 bits per heavy atom. The summed E-state index contributed by atoms with van der Waals surface area (Å²) < 4.78 is 4.35. The Balaban J connectivity index is 2.94. The highest BCUT2D eigenvalue weighted by atomic mass is 16.5. The van der Waals surface area contributed by atoms with E-state index in [0.717, 1.165) is 11.1 Å². The van der Waals surface area contributed by atoms with Gasteiger partial charge in [-0.3, -0.25) is 4.79 Å². The van der Waals surface area contributed by atoms with Gasteiger partial charge in [-0.1, -0.05) is 26.0 Å². The molecule has 0 heterocycles. The van der Waals surface area contributed by atoms with Crippen molar-refractivity contribution in [2.75, 3.05) is 12.4 Å². The van der Waals surface area contributed by atoms with Crippen LogP contribution < -0.4 is 5.32 Å². The lowest BCUT2D eigenvalue weighted by molar-refractivity contribution is -0.150. The van der Waals surface area contributed by atoms with E-state index in [1.165, 1.54) is 7.11 Å². The average molecular weight is 235 g/mol. The second-order valence-electron chi connectivity index (χ2n) is 4.17. The number of benzene rings is 1. The second kappa shape index (κ2) is 5.48. The number of hydrogen-bond acceptors (Lipinski definition) is 3. The summed E-state index contributed by atoms with van der Waals surface area (Å²) >= 11 is 0. The topological polar surface area (TPSA) is 55.4 Å². The molecule has 0 aliphatic carbocycles. The Hall–Kier alpha value is -1.84. The quantitative estimate of drug-likeness (QED) is 0.631. The van der Waals surface area contributed by atoms with Crippen molar-refractivity contribution in [1.29, 1.82) is 0 Å². The SMILES string of the molecule is COC(=O)C(=O)Nc1cc(C(C)C)ccc1C. The van der Waals surface area contributed by atoms with Crippen molar-refractivity contribution in [2.24, 2.45) is 0 Å². The Bertz CT molecular complexity index is 438. The van der Waals surface area contributed by atoms with Crippen molar-refractivity contribution in [3.8, 4) is 0 Å². The first-order valence-electron chi connectivity index (χ1n) is 5.45. The summed E-state index contributed by atoms with van der Waals surface area (Å²) in [5.74, 6) is -1.28. The molecule has 1 aromatic carbocycles. The number of carbonyl (C=O) groups excluding carboxylic acids is 2. The lowest BCUT2D eigenvalue weighted by Crippen LogP contribution is -2.24. The van der Waals surface area contributed by atoms with Gasteiger partial charge < -0.3 is 10.1 Å². The molecule has 1 amide bonds. The molecule has 1 N–H and O–H groups in total. The van der Waals surface area contributed by atoms with Crippen LogP contribution in [0.2, 0.25) is 0 Å². The van der Waals surface area contributed by atoms with Crippen LogP contribution in [0.1, 0.15) is 30.9 Å². The maximum atomic E-state index is 11.4. The molecule has 1 rings (SSSR count). The number of hydrogen-bond donors (Lipinski definition) is 1. The van der Waals surface area contributed by atoms with Gasteiger partial charge in [0.2, 0.25) is 0 Å². The average Bonchev–Trinajstić information content (AvgIpc) is 2.30. The van der Waals surface area contributed by atoms with Crippen LogP contribution in [-0.2, 0) is 14.3 Å². The van der Waals surface area contributed by atoms with Gasteiger partial charge in [0.15, 0.2) is 0 Å². The number of carbonyl (C=O) groups is 2. The van der Waals surface area contributed by atoms with Crippen molar-refractivity contribution in [2.45, 2.75) is 26.7 Å². The fraction of sp³-hybridized carbons (Fsp3) is 0.385.